The first-order chi connectivity index (χ1) is 11.1. The molecule has 2 fully saturated rings. The third kappa shape index (κ3) is 2.20. The highest BCUT2D eigenvalue weighted by Gasteiger charge is 2.47. The first-order valence-corrected chi connectivity index (χ1v) is 8.19. The van der Waals surface area contributed by atoms with E-state index in [1.807, 2.05) is 30.3 Å². The summed E-state index contributed by atoms with van der Waals surface area (Å²) in [6, 6.07) is 14.7. The van der Waals surface area contributed by atoms with E-state index in [0.717, 1.165) is 29.3 Å². The third-order valence-corrected chi connectivity index (χ3v) is 5.45. The van der Waals surface area contributed by atoms with Crippen LogP contribution in [0, 0.1) is 11.3 Å². The van der Waals surface area contributed by atoms with Crippen LogP contribution in [0.5, 0.6) is 0 Å². The van der Waals surface area contributed by atoms with E-state index in [0.29, 0.717) is 18.4 Å². The van der Waals surface area contributed by atoms with Crippen LogP contribution in [0.1, 0.15) is 31.2 Å². The number of hydrogen-bond donors (Lipinski definition) is 2. The molecule has 0 amide bonds. The minimum atomic E-state index is -0.940. The summed E-state index contributed by atoms with van der Waals surface area (Å²) in [5.41, 5.74) is 0.901. The molecule has 0 saturated carbocycles. The minimum Gasteiger partial charge on any atom is -0.393 e. The number of benzene rings is 2. The number of nitrogens with zero attached hydrogens (tertiary/aromatic N) is 2. The predicted octanol–water partition coefficient (Wildman–Crippen LogP) is 2.57. The highest BCUT2D eigenvalue weighted by atomic mass is 16.3. The van der Waals surface area contributed by atoms with Crippen LogP contribution in [0.15, 0.2) is 36.4 Å². The molecule has 2 N–H and O–H groups in total. The van der Waals surface area contributed by atoms with Crippen molar-refractivity contribution < 1.29 is 10.2 Å². The van der Waals surface area contributed by atoms with Crippen LogP contribution in [-0.2, 0) is 0 Å². The Morgan fingerprint density at radius 1 is 1.09 bits per heavy atom. The first kappa shape index (κ1) is 14.5. The van der Waals surface area contributed by atoms with Gasteiger partial charge in [-0.2, -0.15) is 5.26 Å². The Morgan fingerprint density at radius 2 is 1.74 bits per heavy atom. The Labute approximate surface area is 135 Å². The van der Waals surface area contributed by atoms with Crippen molar-refractivity contribution in [2.24, 2.45) is 0 Å². The average molecular weight is 308 g/mol. The lowest BCUT2D eigenvalue weighted by Gasteiger charge is -2.44. The molecule has 0 radical (unpaired) electrons. The van der Waals surface area contributed by atoms with Gasteiger partial charge in [0.15, 0.2) is 0 Å². The van der Waals surface area contributed by atoms with Crippen molar-refractivity contribution in [1.82, 2.24) is 0 Å². The first-order valence-electron chi connectivity index (χ1n) is 8.19. The Bertz CT molecular complexity index is 782. The summed E-state index contributed by atoms with van der Waals surface area (Å²) in [6.45, 7) is -0.165. The van der Waals surface area contributed by atoms with Crippen LogP contribution in [0.2, 0.25) is 0 Å². The van der Waals surface area contributed by atoms with Crippen molar-refractivity contribution in [3.63, 3.8) is 0 Å². The lowest BCUT2D eigenvalue weighted by atomic mass is 9.86. The summed E-state index contributed by atoms with van der Waals surface area (Å²) >= 11 is 0. The molecule has 4 nitrogen and oxygen atoms in total. The van der Waals surface area contributed by atoms with Crippen molar-refractivity contribution in [2.75, 3.05) is 11.5 Å². The maximum atomic E-state index is 10.5. The maximum absolute atomic E-state index is 10.5. The van der Waals surface area contributed by atoms with Gasteiger partial charge in [-0.3, -0.25) is 0 Å². The van der Waals surface area contributed by atoms with Crippen LogP contribution in [0.4, 0.5) is 5.69 Å². The fraction of sp³-hybridized carbons (Fsp3) is 0.421. The molecule has 2 aliphatic heterocycles. The van der Waals surface area contributed by atoms with Crippen LogP contribution >= 0.6 is 0 Å². The summed E-state index contributed by atoms with van der Waals surface area (Å²) < 4.78 is 0. The molecule has 2 aromatic rings. The normalized spacial score (nSPS) is 29.7. The molecular weight excluding hydrogens is 288 g/mol. The van der Waals surface area contributed by atoms with Crippen molar-refractivity contribution in [3.05, 3.63) is 42.0 Å². The zero-order valence-corrected chi connectivity index (χ0v) is 12.9. The molecule has 3 atom stereocenters. The number of anilines is 1. The molecule has 1 unspecified atom stereocenters. The van der Waals surface area contributed by atoms with Gasteiger partial charge < -0.3 is 15.1 Å². The molecule has 2 saturated heterocycles. The number of aliphatic hydroxyl groups is 2. The monoisotopic (exact) mass is 308 g/mol. The standard InChI is InChI=1S/C19H20N2O2/c20-11-13-5-8-18(17-4-2-1-3-16(13)17)21-14-6-7-15(21)10-19(23,9-14)12-22/h1-5,8,14-15,22-23H,6-7,9-10,12H2/t14-,15+,19?. The quantitative estimate of drug-likeness (QED) is 0.895. The third-order valence-electron chi connectivity index (χ3n) is 5.45. The van der Waals surface area contributed by atoms with E-state index in [1.54, 1.807) is 0 Å². The zero-order chi connectivity index (χ0) is 16.0. The summed E-state index contributed by atoms with van der Waals surface area (Å²) in [6.07, 6.45) is 3.30. The van der Waals surface area contributed by atoms with E-state index in [-0.39, 0.29) is 18.7 Å². The Balaban J connectivity index is 1.81. The number of piperidine rings is 1. The number of rotatable bonds is 2. The summed E-state index contributed by atoms with van der Waals surface area (Å²) in [5.74, 6) is 0. The molecular formula is C19H20N2O2. The summed E-state index contributed by atoms with van der Waals surface area (Å²) in [4.78, 5) is 2.41. The van der Waals surface area contributed by atoms with Gasteiger partial charge in [-0.15, -0.1) is 0 Å². The molecule has 118 valence electrons. The van der Waals surface area contributed by atoms with E-state index < -0.39 is 5.60 Å². The van der Waals surface area contributed by atoms with Gasteiger partial charge in [0.2, 0.25) is 0 Å². The molecule has 4 heteroatoms. The van der Waals surface area contributed by atoms with Gasteiger partial charge in [0.05, 0.1) is 23.8 Å². The van der Waals surface area contributed by atoms with Crippen molar-refractivity contribution in [2.45, 2.75) is 43.4 Å². The molecule has 2 bridgehead atoms. The molecule has 0 aromatic heterocycles. The van der Waals surface area contributed by atoms with Gasteiger partial charge in [-0.05, 0) is 37.8 Å². The number of hydrogen-bond acceptors (Lipinski definition) is 4. The fourth-order valence-corrected chi connectivity index (χ4v) is 4.45. The SMILES string of the molecule is N#Cc1ccc(N2[C@@H]3CC[C@H]2CC(O)(CO)C3)c2ccccc12. The van der Waals surface area contributed by atoms with E-state index in [2.05, 4.69) is 17.0 Å². The molecule has 0 aliphatic carbocycles. The highest BCUT2D eigenvalue weighted by molar-refractivity contribution is 5.98. The number of fused-ring (bicyclic) bond motifs is 3. The van der Waals surface area contributed by atoms with E-state index in [1.165, 1.54) is 0 Å². The Hall–Kier alpha value is -2.09. The highest BCUT2D eigenvalue weighted by Crippen LogP contribution is 2.45. The van der Waals surface area contributed by atoms with Crippen molar-refractivity contribution >= 4 is 16.5 Å². The van der Waals surface area contributed by atoms with Crippen molar-refractivity contribution in [3.8, 4) is 6.07 Å². The van der Waals surface area contributed by atoms with E-state index >= 15 is 0 Å². The zero-order valence-electron chi connectivity index (χ0n) is 12.9. The molecule has 23 heavy (non-hydrogen) atoms. The topological polar surface area (TPSA) is 67.5 Å². The second-order valence-corrected chi connectivity index (χ2v) is 6.87. The number of nitriles is 1. The summed E-state index contributed by atoms with van der Waals surface area (Å²) in [7, 11) is 0. The van der Waals surface area contributed by atoms with Gasteiger partial charge >= 0.3 is 0 Å². The fourth-order valence-electron chi connectivity index (χ4n) is 4.45. The van der Waals surface area contributed by atoms with Crippen LogP contribution in [0.25, 0.3) is 10.8 Å². The van der Waals surface area contributed by atoms with Crippen LogP contribution in [0.3, 0.4) is 0 Å². The molecule has 2 aromatic carbocycles. The van der Waals surface area contributed by atoms with Gasteiger partial charge in [0.1, 0.15) is 0 Å². The molecule has 2 aliphatic rings. The second kappa shape index (κ2) is 5.23. The lowest BCUT2D eigenvalue weighted by Crippen LogP contribution is -2.53. The van der Waals surface area contributed by atoms with Gasteiger partial charge in [-0.25, -0.2) is 0 Å². The van der Waals surface area contributed by atoms with Crippen LogP contribution in [-0.4, -0.2) is 34.5 Å². The smallest absolute Gasteiger partial charge is 0.0998 e. The van der Waals surface area contributed by atoms with Crippen molar-refractivity contribution in [1.29, 1.82) is 5.26 Å². The van der Waals surface area contributed by atoms with Gasteiger partial charge in [0, 0.05) is 28.5 Å². The maximum Gasteiger partial charge on any atom is 0.0998 e. The lowest BCUT2D eigenvalue weighted by molar-refractivity contribution is -0.0436. The number of aliphatic hydroxyl groups excluding tert-OH is 1. The predicted molar refractivity (Wildman–Crippen MR) is 89.2 cm³/mol. The molecule has 4 rings (SSSR count). The summed E-state index contributed by atoms with van der Waals surface area (Å²) in [5, 5.41) is 31.4. The molecule has 0 spiro atoms. The van der Waals surface area contributed by atoms with Gasteiger partial charge in [-0.1, -0.05) is 24.3 Å². The second-order valence-electron chi connectivity index (χ2n) is 6.87. The van der Waals surface area contributed by atoms with Gasteiger partial charge in [0.25, 0.3) is 0 Å². The van der Waals surface area contributed by atoms with E-state index in [9.17, 15) is 15.5 Å². The largest absolute Gasteiger partial charge is 0.393 e. The van der Waals surface area contributed by atoms with Crippen LogP contribution < -0.4 is 4.90 Å². The molecule has 2 heterocycles. The average Bonchev–Trinajstić information content (AvgIpc) is 2.86. The Morgan fingerprint density at radius 3 is 2.35 bits per heavy atom. The van der Waals surface area contributed by atoms with E-state index in [4.69, 9.17) is 0 Å². The minimum absolute atomic E-state index is 0.165. The Kier molecular flexibility index (Phi) is 3.29.